The minimum Gasteiger partial charge on any atom is -0.467 e. The van der Waals surface area contributed by atoms with Gasteiger partial charge in [0.15, 0.2) is 6.04 Å². The first-order chi connectivity index (χ1) is 12.0. The van der Waals surface area contributed by atoms with Crippen LogP contribution in [0.1, 0.15) is 60.5 Å². The second kappa shape index (κ2) is 8.41. The number of pyridine rings is 1. The van der Waals surface area contributed by atoms with E-state index in [0.717, 1.165) is 18.5 Å². The van der Waals surface area contributed by atoms with Gasteiger partial charge in [0, 0.05) is 11.9 Å². The average molecular weight is 344 g/mol. The standard InChI is InChI=1S/C18H24N4O3/c1-5-13(6-2)22-12(3)14(11-20-22)17(23)21-16(18(24)25-4)15-9-7-8-10-19-15/h7-11,13,16H,5-6H2,1-4H3,(H,21,23). The van der Waals surface area contributed by atoms with Gasteiger partial charge in [-0.25, -0.2) is 4.79 Å². The molecule has 134 valence electrons. The maximum absolute atomic E-state index is 12.7. The van der Waals surface area contributed by atoms with Crippen molar-refractivity contribution in [2.45, 2.75) is 45.7 Å². The zero-order valence-electron chi connectivity index (χ0n) is 15.0. The summed E-state index contributed by atoms with van der Waals surface area (Å²) in [6.07, 6.45) is 4.96. The molecular formula is C18H24N4O3. The highest BCUT2D eigenvalue weighted by Crippen LogP contribution is 2.20. The van der Waals surface area contributed by atoms with Crippen molar-refractivity contribution in [3.05, 3.63) is 47.5 Å². The molecule has 25 heavy (non-hydrogen) atoms. The number of amides is 1. The second-order valence-corrected chi connectivity index (χ2v) is 5.74. The molecule has 2 aromatic heterocycles. The van der Waals surface area contributed by atoms with E-state index in [1.807, 2.05) is 11.6 Å². The molecule has 0 saturated carbocycles. The van der Waals surface area contributed by atoms with Crippen molar-refractivity contribution in [3.63, 3.8) is 0 Å². The minimum absolute atomic E-state index is 0.244. The number of rotatable bonds is 7. The highest BCUT2D eigenvalue weighted by molar-refractivity contribution is 5.97. The summed E-state index contributed by atoms with van der Waals surface area (Å²) in [5.74, 6) is -0.951. The molecule has 0 aliphatic carbocycles. The van der Waals surface area contributed by atoms with E-state index in [1.54, 1.807) is 24.4 Å². The number of carbonyl (C=O) groups is 2. The number of nitrogens with zero attached hydrogens (tertiary/aromatic N) is 3. The van der Waals surface area contributed by atoms with Gasteiger partial charge < -0.3 is 10.1 Å². The summed E-state index contributed by atoms with van der Waals surface area (Å²) in [6, 6.07) is 4.44. The lowest BCUT2D eigenvalue weighted by Gasteiger charge is -2.17. The Morgan fingerprint density at radius 2 is 2.00 bits per heavy atom. The number of carbonyl (C=O) groups excluding carboxylic acids is 2. The van der Waals surface area contributed by atoms with Crippen LogP contribution in [0.2, 0.25) is 0 Å². The lowest BCUT2D eigenvalue weighted by atomic mass is 10.1. The Kier molecular flexibility index (Phi) is 6.27. The molecule has 1 unspecified atom stereocenters. The highest BCUT2D eigenvalue weighted by Gasteiger charge is 2.27. The maximum Gasteiger partial charge on any atom is 0.334 e. The van der Waals surface area contributed by atoms with Gasteiger partial charge in [0.05, 0.1) is 30.6 Å². The molecule has 0 aliphatic heterocycles. The number of aromatic nitrogens is 3. The Morgan fingerprint density at radius 1 is 1.28 bits per heavy atom. The normalized spacial score (nSPS) is 12.0. The molecule has 1 N–H and O–H groups in total. The number of methoxy groups -OCH3 is 1. The third-order valence-electron chi connectivity index (χ3n) is 4.27. The summed E-state index contributed by atoms with van der Waals surface area (Å²) in [7, 11) is 1.28. The van der Waals surface area contributed by atoms with Crippen LogP contribution in [0.5, 0.6) is 0 Å². The molecule has 0 spiro atoms. The Morgan fingerprint density at radius 3 is 2.56 bits per heavy atom. The fourth-order valence-corrected chi connectivity index (χ4v) is 2.78. The van der Waals surface area contributed by atoms with Crippen LogP contribution in [-0.2, 0) is 9.53 Å². The molecule has 2 rings (SSSR count). The minimum atomic E-state index is -0.963. The Hall–Kier alpha value is -2.70. The summed E-state index contributed by atoms with van der Waals surface area (Å²) < 4.78 is 6.66. The smallest absolute Gasteiger partial charge is 0.334 e. The van der Waals surface area contributed by atoms with E-state index >= 15 is 0 Å². The molecule has 7 heteroatoms. The average Bonchev–Trinajstić information content (AvgIpc) is 3.02. The van der Waals surface area contributed by atoms with Crippen LogP contribution in [0.25, 0.3) is 0 Å². The van der Waals surface area contributed by atoms with Crippen LogP contribution in [0.15, 0.2) is 30.6 Å². The van der Waals surface area contributed by atoms with Gasteiger partial charge in [0.2, 0.25) is 0 Å². The number of hydrogen-bond acceptors (Lipinski definition) is 5. The van der Waals surface area contributed by atoms with Gasteiger partial charge in [-0.2, -0.15) is 5.10 Å². The first kappa shape index (κ1) is 18.6. The Balaban J connectivity index is 2.26. The van der Waals surface area contributed by atoms with Crippen molar-refractivity contribution in [1.29, 1.82) is 0 Å². The molecule has 0 radical (unpaired) electrons. The fraction of sp³-hybridized carbons (Fsp3) is 0.444. The number of hydrogen-bond donors (Lipinski definition) is 1. The van der Waals surface area contributed by atoms with Crippen LogP contribution < -0.4 is 5.32 Å². The van der Waals surface area contributed by atoms with Crippen molar-refractivity contribution >= 4 is 11.9 Å². The zero-order chi connectivity index (χ0) is 18.4. The molecular weight excluding hydrogens is 320 g/mol. The molecule has 2 heterocycles. The van der Waals surface area contributed by atoms with Gasteiger partial charge >= 0.3 is 5.97 Å². The largest absolute Gasteiger partial charge is 0.467 e. The topological polar surface area (TPSA) is 86.1 Å². The summed E-state index contributed by atoms with van der Waals surface area (Å²) in [4.78, 5) is 28.9. The number of ether oxygens (including phenoxy) is 1. The summed E-state index contributed by atoms with van der Waals surface area (Å²) in [5, 5.41) is 7.05. The van der Waals surface area contributed by atoms with Crippen molar-refractivity contribution in [1.82, 2.24) is 20.1 Å². The van der Waals surface area contributed by atoms with Gasteiger partial charge in [0.1, 0.15) is 0 Å². The lowest BCUT2D eigenvalue weighted by molar-refractivity contribution is -0.143. The first-order valence-corrected chi connectivity index (χ1v) is 8.37. The van der Waals surface area contributed by atoms with E-state index in [4.69, 9.17) is 4.74 Å². The highest BCUT2D eigenvalue weighted by atomic mass is 16.5. The van der Waals surface area contributed by atoms with E-state index in [0.29, 0.717) is 11.3 Å². The van der Waals surface area contributed by atoms with Crippen molar-refractivity contribution in [3.8, 4) is 0 Å². The molecule has 0 fully saturated rings. The number of esters is 1. The zero-order valence-corrected chi connectivity index (χ0v) is 15.0. The predicted molar refractivity (Wildman–Crippen MR) is 93.0 cm³/mol. The van der Waals surface area contributed by atoms with Gasteiger partial charge in [-0.1, -0.05) is 19.9 Å². The monoisotopic (exact) mass is 344 g/mol. The van der Waals surface area contributed by atoms with Crippen molar-refractivity contribution in [2.24, 2.45) is 0 Å². The van der Waals surface area contributed by atoms with E-state index in [9.17, 15) is 9.59 Å². The number of nitrogens with one attached hydrogen (secondary N) is 1. The molecule has 7 nitrogen and oxygen atoms in total. The third kappa shape index (κ3) is 4.04. The summed E-state index contributed by atoms with van der Waals surface area (Å²) in [5.41, 5.74) is 1.64. The van der Waals surface area contributed by atoms with Crippen molar-refractivity contribution < 1.29 is 14.3 Å². The molecule has 1 amide bonds. The third-order valence-corrected chi connectivity index (χ3v) is 4.27. The van der Waals surface area contributed by atoms with Gasteiger partial charge in [0.25, 0.3) is 5.91 Å². The fourth-order valence-electron chi connectivity index (χ4n) is 2.78. The van der Waals surface area contributed by atoms with E-state index in [-0.39, 0.29) is 11.9 Å². The molecule has 2 aromatic rings. The van der Waals surface area contributed by atoms with Crippen LogP contribution in [0, 0.1) is 6.92 Å². The van der Waals surface area contributed by atoms with E-state index in [1.165, 1.54) is 13.3 Å². The van der Waals surface area contributed by atoms with Crippen LogP contribution in [-0.4, -0.2) is 33.8 Å². The van der Waals surface area contributed by atoms with Crippen molar-refractivity contribution in [2.75, 3.05) is 7.11 Å². The molecule has 0 aromatic carbocycles. The molecule has 0 aliphatic rings. The molecule has 1 atom stereocenters. The summed E-state index contributed by atoms with van der Waals surface area (Å²) >= 11 is 0. The maximum atomic E-state index is 12.7. The Bertz CT molecular complexity index is 723. The molecule has 0 saturated heterocycles. The first-order valence-electron chi connectivity index (χ1n) is 8.37. The van der Waals surface area contributed by atoms with Crippen LogP contribution in [0.3, 0.4) is 0 Å². The quantitative estimate of drug-likeness (QED) is 0.780. The van der Waals surface area contributed by atoms with E-state index < -0.39 is 12.0 Å². The van der Waals surface area contributed by atoms with Gasteiger partial charge in [-0.05, 0) is 31.9 Å². The predicted octanol–water partition coefficient (Wildman–Crippen LogP) is 2.59. The van der Waals surface area contributed by atoms with Crippen LogP contribution in [0.4, 0.5) is 0 Å². The van der Waals surface area contributed by atoms with Gasteiger partial charge in [-0.15, -0.1) is 0 Å². The van der Waals surface area contributed by atoms with Gasteiger partial charge in [-0.3, -0.25) is 14.5 Å². The summed E-state index contributed by atoms with van der Waals surface area (Å²) in [6.45, 7) is 6.03. The Labute approximate surface area is 147 Å². The van der Waals surface area contributed by atoms with Crippen LogP contribution >= 0.6 is 0 Å². The lowest BCUT2D eigenvalue weighted by Crippen LogP contribution is -2.35. The SMILES string of the molecule is CCC(CC)n1ncc(C(=O)NC(C(=O)OC)c2ccccn2)c1C. The second-order valence-electron chi connectivity index (χ2n) is 5.74. The van der Waals surface area contributed by atoms with E-state index in [2.05, 4.69) is 29.2 Å². The molecule has 0 bridgehead atoms.